The second-order valence-electron chi connectivity index (χ2n) is 5.58. The first kappa shape index (κ1) is 17.0. The van der Waals surface area contributed by atoms with Crippen molar-refractivity contribution in [1.29, 1.82) is 0 Å². The van der Waals surface area contributed by atoms with Crippen molar-refractivity contribution in [2.45, 2.75) is 36.6 Å². The van der Waals surface area contributed by atoms with E-state index < -0.39 is 28.7 Å². The number of thiophene rings is 1. The molecular weight excluding hydrogens is 352 g/mol. The van der Waals surface area contributed by atoms with Gasteiger partial charge in [0.1, 0.15) is 16.7 Å². The summed E-state index contributed by atoms with van der Waals surface area (Å²) in [5.74, 6) is -1.62. The fourth-order valence-electron chi connectivity index (χ4n) is 2.85. The van der Waals surface area contributed by atoms with Gasteiger partial charge in [-0.2, -0.15) is 0 Å². The molecule has 7 nitrogen and oxygen atoms in total. The summed E-state index contributed by atoms with van der Waals surface area (Å²) in [4.78, 5) is 38.9. The number of β-lactam (4-membered cyclic amide) rings is 1. The van der Waals surface area contributed by atoms with E-state index in [1.807, 2.05) is 5.38 Å². The van der Waals surface area contributed by atoms with Gasteiger partial charge in [-0.15, -0.1) is 23.1 Å². The van der Waals surface area contributed by atoms with Crippen molar-refractivity contribution in [3.8, 4) is 0 Å². The fraction of sp³-hybridized carbons (Fsp3) is 0.400. The standard InChI is InChI=1S/C15H16N2O5S2/c1-7(18)9-6-16-13(20)11(14(16)24-12(9)15(21)22)17(8(2)19)10-4-3-5-23-10/h3-7,11-12,14,18H,1-2H3,(H,21,22)/t7?,11?,12?,14-/m1/s1. The van der Waals surface area contributed by atoms with Crippen LogP contribution < -0.4 is 4.90 Å². The van der Waals surface area contributed by atoms with Gasteiger partial charge in [0.05, 0.1) is 11.1 Å². The van der Waals surface area contributed by atoms with Crippen LogP contribution in [0.1, 0.15) is 13.8 Å². The first-order valence-corrected chi connectivity index (χ1v) is 9.08. The van der Waals surface area contributed by atoms with Crippen LogP contribution in [0.5, 0.6) is 0 Å². The summed E-state index contributed by atoms with van der Waals surface area (Å²) in [5, 5.41) is 20.2. The van der Waals surface area contributed by atoms with Crippen molar-refractivity contribution in [3.05, 3.63) is 29.3 Å². The molecule has 3 unspecified atom stereocenters. The van der Waals surface area contributed by atoms with Gasteiger partial charge >= 0.3 is 5.97 Å². The SMILES string of the molecule is CC(=O)N(c1cccs1)C1C(=O)N2C=C(C(C)O)C(C(=O)O)S[C@H]12. The molecule has 2 aliphatic rings. The van der Waals surface area contributed by atoms with Crippen LogP contribution in [0, 0.1) is 0 Å². The lowest BCUT2D eigenvalue weighted by Crippen LogP contribution is -2.70. The van der Waals surface area contributed by atoms with Crippen LogP contribution in [0.15, 0.2) is 29.3 Å². The zero-order valence-electron chi connectivity index (χ0n) is 12.9. The number of rotatable bonds is 4. The van der Waals surface area contributed by atoms with Gasteiger partial charge in [0.2, 0.25) is 5.91 Å². The number of hydrogen-bond donors (Lipinski definition) is 2. The molecule has 128 valence electrons. The van der Waals surface area contributed by atoms with E-state index in [9.17, 15) is 24.6 Å². The normalized spacial score (nSPS) is 27.0. The van der Waals surface area contributed by atoms with Gasteiger partial charge in [-0.3, -0.25) is 19.3 Å². The number of aliphatic hydroxyl groups excluding tert-OH is 1. The number of nitrogens with zero attached hydrogens (tertiary/aromatic N) is 2. The molecule has 0 bridgehead atoms. The predicted octanol–water partition coefficient (Wildman–Crippen LogP) is 1.10. The van der Waals surface area contributed by atoms with Crippen molar-refractivity contribution in [1.82, 2.24) is 4.90 Å². The van der Waals surface area contributed by atoms with Gasteiger partial charge in [0.25, 0.3) is 5.91 Å². The molecular formula is C15H16N2O5S2. The molecule has 2 N–H and O–H groups in total. The molecule has 24 heavy (non-hydrogen) atoms. The van der Waals surface area contributed by atoms with Gasteiger partial charge in [0, 0.05) is 13.1 Å². The minimum Gasteiger partial charge on any atom is -0.480 e. The highest BCUT2D eigenvalue weighted by molar-refractivity contribution is 8.01. The zero-order valence-corrected chi connectivity index (χ0v) is 14.6. The summed E-state index contributed by atoms with van der Waals surface area (Å²) in [6, 6.07) is 2.80. The molecule has 1 aromatic rings. The molecule has 0 radical (unpaired) electrons. The number of carbonyl (C=O) groups excluding carboxylic acids is 2. The maximum Gasteiger partial charge on any atom is 0.321 e. The number of thioether (sulfide) groups is 1. The third-order valence-corrected chi connectivity index (χ3v) is 6.36. The number of carbonyl (C=O) groups is 3. The Balaban J connectivity index is 1.94. The second kappa shape index (κ2) is 6.23. The molecule has 1 saturated heterocycles. The largest absolute Gasteiger partial charge is 0.480 e. The average molecular weight is 368 g/mol. The van der Waals surface area contributed by atoms with Gasteiger partial charge in [-0.25, -0.2) is 0 Å². The second-order valence-corrected chi connectivity index (χ2v) is 7.73. The summed E-state index contributed by atoms with van der Waals surface area (Å²) in [6.45, 7) is 2.85. The average Bonchev–Trinajstić information content (AvgIpc) is 3.03. The number of anilines is 1. The van der Waals surface area contributed by atoms with E-state index >= 15 is 0 Å². The van der Waals surface area contributed by atoms with Crippen molar-refractivity contribution in [2.75, 3.05) is 4.90 Å². The van der Waals surface area contributed by atoms with E-state index in [1.54, 1.807) is 12.1 Å². The lowest BCUT2D eigenvalue weighted by molar-refractivity contribution is -0.143. The summed E-state index contributed by atoms with van der Waals surface area (Å²) >= 11 is 2.41. The molecule has 3 rings (SSSR count). The summed E-state index contributed by atoms with van der Waals surface area (Å²) in [6.07, 6.45) is 0.448. The highest BCUT2D eigenvalue weighted by Gasteiger charge is 2.56. The Morgan fingerprint density at radius 3 is 2.62 bits per heavy atom. The Kier molecular flexibility index (Phi) is 4.41. The van der Waals surface area contributed by atoms with Gasteiger partial charge in [0.15, 0.2) is 0 Å². The fourth-order valence-corrected chi connectivity index (χ4v) is 5.16. The molecule has 0 aromatic carbocycles. The summed E-state index contributed by atoms with van der Waals surface area (Å²) in [5.41, 5.74) is 0.279. The first-order valence-electron chi connectivity index (χ1n) is 7.26. The molecule has 2 aliphatic heterocycles. The van der Waals surface area contributed by atoms with Crippen LogP contribution in [0.2, 0.25) is 0 Å². The molecule has 3 heterocycles. The maximum absolute atomic E-state index is 12.5. The van der Waals surface area contributed by atoms with Gasteiger partial charge in [-0.05, 0) is 30.0 Å². The molecule has 9 heteroatoms. The first-order chi connectivity index (χ1) is 11.3. The number of fused-ring (bicyclic) bond motifs is 1. The van der Waals surface area contributed by atoms with E-state index in [0.717, 1.165) is 11.8 Å². The molecule has 1 fully saturated rings. The minimum atomic E-state index is -1.07. The Bertz CT molecular complexity index is 715. The molecule has 2 amide bonds. The molecule has 0 aliphatic carbocycles. The van der Waals surface area contributed by atoms with Crippen LogP contribution in [-0.2, 0) is 14.4 Å². The Hall–Kier alpha value is -1.84. The minimum absolute atomic E-state index is 0.270. The topological polar surface area (TPSA) is 98.2 Å². The number of carboxylic acid groups (broad SMARTS) is 1. The summed E-state index contributed by atoms with van der Waals surface area (Å²) < 4.78 is 0. The third kappa shape index (κ3) is 2.62. The van der Waals surface area contributed by atoms with Crippen molar-refractivity contribution in [3.63, 3.8) is 0 Å². The number of aliphatic hydroxyl groups is 1. The highest BCUT2D eigenvalue weighted by atomic mass is 32.2. The van der Waals surface area contributed by atoms with Crippen LogP contribution in [-0.4, -0.2) is 55.7 Å². The van der Waals surface area contributed by atoms with Crippen molar-refractivity contribution in [2.24, 2.45) is 0 Å². The summed E-state index contributed by atoms with van der Waals surface area (Å²) in [7, 11) is 0. The predicted molar refractivity (Wildman–Crippen MR) is 90.7 cm³/mol. The molecule has 4 atom stereocenters. The smallest absolute Gasteiger partial charge is 0.321 e. The van der Waals surface area contributed by atoms with Crippen molar-refractivity contribution >= 4 is 45.9 Å². The lowest BCUT2D eigenvalue weighted by Gasteiger charge is -2.52. The number of carboxylic acids is 1. The third-order valence-electron chi connectivity index (χ3n) is 3.99. The zero-order chi connectivity index (χ0) is 17.6. The van der Waals surface area contributed by atoms with Gasteiger partial charge < -0.3 is 15.1 Å². The van der Waals surface area contributed by atoms with Gasteiger partial charge in [-0.1, -0.05) is 0 Å². The number of aliphatic carboxylic acids is 1. The van der Waals surface area contributed by atoms with E-state index in [1.165, 1.54) is 41.2 Å². The van der Waals surface area contributed by atoms with Crippen LogP contribution >= 0.6 is 23.1 Å². The Morgan fingerprint density at radius 2 is 2.12 bits per heavy atom. The van der Waals surface area contributed by atoms with Crippen LogP contribution in [0.4, 0.5) is 5.00 Å². The monoisotopic (exact) mass is 368 g/mol. The highest BCUT2D eigenvalue weighted by Crippen LogP contribution is 2.44. The molecule has 0 spiro atoms. The van der Waals surface area contributed by atoms with E-state index in [4.69, 9.17) is 0 Å². The number of hydrogen-bond acceptors (Lipinski definition) is 6. The quantitative estimate of drug-likeness (QED) is 0.773. The van der Waals surface area contributed by atoms with E-state index in [2.05, 4.69) is 0 Å². The maximum atomic E-state index is 12.5. The Labute approximate surface area is 146 Å². The lowest BCUT2D eigenvalue weighted by atomic mass is 10.0. The van der Waals surface area contributed by atoms with Crippen LogP contribution in [0.3, 0.4) is 0 Å². The Morgan fingerprint density at radius 1 is 1.42 bits per heavy atom. The molecule has 1 aromatic heterocycles. The van der Waals surface area contributed by atoms with E-state index in [-0.39, 0.29) is 17.4 Å². The van der Waals surface area contributed by atoms with E-state index in [0.29, 0.717) is 5.00 Å². The molecule has 0 saturated carbocycles. The van der Waals surface area contributed by atoms with Crippen molar-refractivity contribution < 1.29 is 24.6 Å². The van der Waals surface area contributed by atoms with Crippen LogP contribution in [0.25, 0.3) is 0 Å². The number of amides is 2.